The highest BCUT2D eigenvalue weighted by atomic mass is 19.1. The van der Waals surface area contributed by atoms with Crippen LogP contribution in [0.4, 0.5) is 10.3 Å². The van der Waals surface area contributed by atoms with E-state index in [1.807, 2.05) is 65.7 Å². The summed E-state index contributed by atoms with van der Waals surface area (Å²) in [6.07, 6.45) is 5.62. The van der Waals surface area contributed by atoms with Crippen LogP contribution >= 0.6 is 0 Å². The summed E-state index contributed by atoms with van der Waals surface area (Å²) in [4.78, 5) is 9.06. The van der Waals surface area contributed by atoms with E-state index < -0.39 is 0 Å². The van der Waals surface area contributed by atoms with Gasteiger partial charge >= 0.3 is 0 Å². The van der Waals surface area contributed by atoms with Crippen LogP contribution in [0, 0.1) is 11.7 Å². The van der Waals surface area contributed by atoms with Gasteiger partial charge in [0.1, 0.15) is 5.82 Å². The number of nitrogen functional groups attached to an aromatic ring is 1. The first kappa shape index (κ1) is 19.9. The Hall–Kier alpha value is -4.07. The van der Waals surface area contributed by atoms with E-state index in [1.165, 1.54) is 12.1 Å². The molecule has 0 aliphatic heterocycles. The minimum atomic E-state index is -0.245. The molecule has 5 aromatic rings. The second-order valence-corrected chi connectivity index (χ2v) is 8.05. The molecule has 0 fully saturated rings. The fourth-order valence-electron chi connectivity index (χ4n) is 3.94. The maximum absolute atomic E-state index is 13.4. The highest BCUT2D eigenvalue weighted by molar-refractivity contribution is 5.68. The number of nitrogens with zero attached hydrogens (tertiary/aromatic N) is 6. The number of benzene rings is 1. The zero-order valence-corrected chi connectivity index (χ0v) is 17.7. The predicted molar refractivity (Wildman–Crippen MR) is 121 cm³/mol. The molecular formula is C24H22FN7. The molecule has 7 nitrogen and oxygen atoms in total. The fourth-order valence-corrected chi connectivity index (χ4v) is 3.94. The van der Waals surface area contributed by atoms with Gasteiger partial charge in [0.15, 0.2) is 5.65 Å². The van der Waals surface area contributed by atoms with Crippen LogP contribution in [0.15, 0.2) is 73.2 Å². The summed E-state index contributed by atoms with van der Waals surface area (Å²) in [5, 5.41) is 8.71. The lowest BCUT2D eigenvalue weighted by molar-refractivity contribution is 0.402. The minimum absolute atomic E-state index is 0.00617. The molecule has 4 heterocycles. The summed E-state index contributed by atoms with van der Waals surface area (Å²) in [6.45, 7) is 4.25. The third-order valence-electron chi connectivity index (χ3n) is 5.42. The first-order valence-electron chi connectivity index (χ1n) is 10.4. The molecule has 160 valence electrons. The van der Waals surface area contributed by atoms with E-state index >= 15 is 0 Å². The number of fused-ring (bicyclic) bond motifs is 1. The average Bonchev–Trinajstić information content (AvgIpc) is 3.40. The van der Waals surface area contributed by atoms with Gasteiger partial charge in [0.05, 0.1) is 23.6 Å². The van der Waals surface area contributed by atoms with Crippen LogP contribution < -0.4 is 5.73 Å². The van der Waals surface area contributed by atoms with Crippen molar-refractivity contribution in [1.82, 2.24) is 29.4 Å². The second-order valence-electron chi connectivity index (χ2n) is 8.05. The average molecular weight is 427 g/mol. The summed E-state index contributed by atoms with van der Waals surface area (Å²) >= 11 is 0. The molecule has 0 aliphatic rings. The molecule has 0 radical (unpaired) electrons. The van der Waals surface area contributed by atoms with Gasteiger partial charge in [-0.1, -0.05) is 32.0 Å². The molecule has 4 aromatic heterocycles. The molecule has 0 spiro atoms. The molecular weight excluding hydrogens is 405 g/mol. The van der Waals surface area contributed by atoms with E-state index in [-0.39, 0.29) is 23.7 Å². The molecule has 8 heteroatoms. The van der Waals surface area contributed by atoms with Gasteiger partial charge in [0.2, 0.25) is 5.95 Å². The van der Waals surface area contributed by atoms with E-state index in [4.69, 9.17) is 10.7 Å². The molecule has 32 heavy (non-hydrogen) atoms. The number of hydrogen-bond acceptors (Lipinski definition) is 5. The Morgan fingerprint density at radius 2 is 1.69 bits per heavy atom. The molecule has 0 saturated heterocycles. The number of hydrogen-bond donors (Lipinski definition) is 1. The first-order valence-corrected chi connectivity index (χ1v) is 10.4. The molecule has 0 saturated carbocycles. The number of aromatic nitrogens is 6. The Bertz CT molecular complexity index is 1390. The smallest absolute Gasteiger partial charge is 0.240 e. The quantitative estimate of drug-likeness (QED) is 0.442. The maximum Gasteiger partial charge on any atom is 0.240 e. The summed E-state index contributed by atoms with van der Waals surface area (Å²) in [5.74, 6) is 0.261. The van der Waals surface area contributed by atoms with Gasteiger partial charge in [-0.3, -0.25) is 4.68 Å². The Labute approximate surface area is 184 Å². The summed E-state index contributed by atoms with van der Waals surface area (Å²) in [6, 6.07) is 16.3. The molecule has 1 atom stereocenters. The minimum Gasteiger partial charge on any atom is -0.366 e. The first-order chi connectivity index (χ1) is 15.5. The number of halogens is 1. The van der Waals surface area contributed by atoms with Gasteiger partial charge < -0.3 is 5.73 Å². The lowest BCUT2D eigenvalue weighted by Crippen LogP contribution is -2.17. The van der Waals surface area contributed by atoms with Gasteiger partial charge in [0, 0.05) is 23.5 Å². The van der Waals surface area contributed by atoms with Crippen LogP contribution in [-0.2, 0) is 0 Å². The predicted octanol–water partition coefficient (Wildman–Crippen LogP) is 4.62. The van der Waals surface area contributed by atoms with Crippen LogP contribution in [0.3, 0.4) is 0 Å². The van der Waals surface area contributed by atoms with Crippen LogP contribution in [-0.4, -0.2) is 29.4 Å². The highest BCUT2D eigenvalue weighted by Crippen LogP contribution is 2.29. The van der Waals surface area contributed by atoms with Crippen molar-refractivity contribution >= 4 is 11.6 Å². The van der Waals surface area contributed by atoms with Crippen molar-refractivity contribution in [3.63, 3.8) is 0 Å². The normalized spacial score (nSPS) is 12.5. The van der Waals surface area contributed by atoms with E-state index in [9.17, 15) is 4.39 Å². The summed E-state index contributed by atoms with van der Waals surface area (Å²) < 4.78 is 17.0. The summed E-state index contributed by atoms with van der Waals surface area (Å²) in [7, 11) is 0. The molecule has 0 bridgehead atoms. The van der Waals surface area contributed by atoms with Crippen molar-refractivity contribution in [3.8, 4) is 22.5 Å². The zero-order chi connectivity index (χ0) is 22.2. The molecule has 2 N–H and O–H groups in total. The van der Waals surface area contributed by atoms with Gasteiger partial charge in [0.25, 0.3) is 0 Å². The number of anilines is 1. The van der Waals surface area contributed by atoms with Crippen LogP contribution in [0.25, 0.3) is 28.2 Å². The number of rotatable bonds is 5. The molecule has 1 aromatic carbocycles. The maximum atomic E-state index is 13.4. The lowest BCUT2D eigenvalue weighted by Gasteiger charge is -2.22. The topological polar surface area (TPSA) is 86.9 Å². The van der Waals surface area contributed by atoms with Gasteiger partial charge in [-0.2, -0.15) is 10.1 Å². The van der Waals surface area contributed by atoms with Crippen molar-refractivity contribution < 1.29 is 4.39 Å². The number of nitrogens with two attached hydrogens (primary N) is 1. The Kier molecular flexibility index (Phi) is 4.89. The van der Waals surface area contributed by atoms with Crippen LogP contribution in [0.1, 0.15) is 25.5 Å². The van der Waals surface area contributed by atoms with Crippen LogP contribution in [0.5, 0.6) is 0 Å². The van der Waals surface area contributed by atoms with Crippen molar-refractivity contribution in [1.29, 1.82) is 0 Å². The molecule has 5 rings (SSSR count). The third-order valence-corrected chi connectivity index (χ3v) is 5.42. The standard InChI is InChI=1S/C24H22FN7/c1-15(2)23(16-6-8-19(25)9-7-16)32-14-18(13-27-32)21-5-3-4-20(28-21)17-10-11-31-22(12-17)29-24(26)30-31/h3-15,23H,1-2H3,(H2,26,30). The van der Waals surface area contributed by atoms with Crippen LogP contribution in [0.2, 0.25) is 0 Å². The SMILES string of the molecule is CC(C)C(c1ccc(F)cc1)n1cc(-c2cccc(-c3ccn4nc(N)nc4c3)n2)cn1. The molecule has 0 amide bonds. The van der Waals surface area contributed by atoms with Crippen molar-refractivity contribution in [2.75, 3.05) is 5.73 Å². The van der Waals surface area contributed by atoms with Gasteiger partial charge in [-0.25, -0.2) is 13.9 Å². The highest BCUT2D eigenvalue weighted by Gasteiger charge is 2.20. The Morgan fingerprint density at radius 1 is 0.938 bits per heavy atom. The van der Waals surface area contributed by atoms with Gasteiger partial charge in [-0.05, 0) is 47.9 Å². The van der Waals surface area contributed by atoms with E-state index in [0.29, 0.717) is 5.65 Å². The monoisotopic (exact) mass is 427 g/mol. The second kappa shape index (κ2) is 7.88. The van der Waals surface area contributed by atoms with Crippen molar-refractivity contribution in [3.05, 3.63) is 84.6 Å². The van der Waals surface area contributed by atoms with Crippen molar-refractivity contribution in [2.24, 2.45) is 5.92 Å². The Morgan fingerprint density at radius 3 is 2.44 bits per heavy atom. The number of pyridine rings is 2. The van der Waals surface area contributed by atoms with E-state index in [0.717, 1.165) is 28.1 Å². The fraction of sp³-hybridized carbons (Fsp3) is 0.167. The van der Waals surface area contributed by atoms with Crippen molar-refractivity contribution in [2.45, 2.75) is 19.9 Å². The zero-order valence-electron chi connectivity index (χ0n) is 17.7. The van der Waals surface area contributed by atoms with E-state index in [1.54, 1.807) is 4.52 Å². The third kappa shape index (κ3) is 3.71. The lowest BCUT2D eigenvalue weighted by atomic mass is 9.96. The largest absolute Gasteiger partial charge is 0.366 e. The Balaban J connectivity index is 1.48. The van der Waals surface area contributed by atoms with Gasteiger partial charge in [-0.15, -0.1) is 5.10 Å². The molecule has 1 unspecified atom stereocenters. The summed E-state index contributed by atoms with van der Waals surface area (Å²) in [5.41, 5.74) is 10.8. The molecule has 0 aliphatic carbocycles. The van der Waals surface area contributed by atoms with E-state index in [2.05, 4.69) is 29.0 Å².